The van der Waals surface area contributed by atoms with Gasteiger partial charge in [-0.15, -0.1) is 0 Å². The second-order valence-electron chi connectivity index (χ2n) is 10.2. The highest BCUT2D eigenvalue weighted by atomic mass is 31.2. The first-order valence-corrected chi connectivity index (χ1v) is 14.7. The average Bonchev–Trinajstić information content (AvgIpc) is 2.76. The van der Waals surface area contributed by atoms with Crippen molar-refractivity contribution >= 4 is 14.0 Å². The Bertz CT molecular complexity index is 540. The van der Waals surface area contributed by atoms with Crippen LogP contribution in [0.5, 0.6) is 0 Å². The van der Waals surface area contributed by atoms with E-state index in [0.717, 1.165) is 19.3 Å². The highest BCUT2D eigenvalue weighted by Crippen LogP contribution is 2.38. The van der Waals surface area contributed by atoms with E-state index in [2.05, 4.69) is 11.7 Å². The lowest BCUT2D eigenvalue weighted by Crippen LogP contribution is -2.37. The molecule has 9 heteroatoms. The lowest BCUT2D eigenvalue weighted by Gasteiger charge is -2.28. The Morgan fingerprint density at radius 3 is 1.74 bits per heavy atom. The summed E-state index contributed by atoms with van der Waals surface area (Å²) in [4.78, 5) is 23.5. The number of rotatable bonds is 23. The molecule has 0 heterocycles. The topological polar surface area (TPSA) is 94.1 Å². The van der Waals surface area contributed by atoms with Crippen LogP contribution in [0.1, 0.15) is 103 Å². The Labute approximate surface area is 208 Å². The van der Waals surface area contributed by atoms with Crippen molar-refractivity contribution in [2.75, 3.05) is 48.0 Å². The van der Waals surface area contributed by atoms with Gasteiger partial charge in [0.25, 0.3) is 7.82 Å². The number of phosphoric acid groups is 1. The van der Waals surface area contributed by atoms with E-state index >= 15 is 0 Å². The molecule has 0 aromatic rings. The molecular formula is C25H52NO7P. The van der Waals surface area contributed by atoms with Crippen LogP contribution >= 0.6 is 7.82 Å². The number of hydrogen-bond donors (Lipinski definition) is 0. The third kappa shape index (κ3) is 23.1. The van der Waals surface area contributed by atoms with E-state index in [-0.39, 0.29) is 13.2 Å². The van der Waals surface area contributed by atoms with Gasteiger partial charge in [-0.25, -0.2) is 4.79 Å². The first kappa shape index (κ1) is 33.3. The Hall–Kier alpha value is -0.660. The summed E-state index contributed by atoms with van der Waals surface area (Å²) < 4.78 is 32.1. The minimum absolute atomic E-state index is 0.0335. The molecule has 2 atom stereocenters. The molecule has 0 spiro atoms. The number of methoxy groups -OCH3 is 1. The second-order valence-corrected chi connectivity index (χ2v) is 11.6. The van der Waals surface area contributed by atoms with Crippen LogP contribution in [0.4, 0.5) is 4.79 Å². The number of hydrogen-bond acceptors (Lipinski definition) is 7. The molecule has 0 saturated heterocycles. The highest BCUT2D eigenvalue weighted by Gasteiger charge is 2.20. The Kier molecular flexibility index (Phi) is 20.1. The maximum Gasteiger partial charge on any atom is 0.508 e. The molecule has 0 amide bonds. The first-order chi connectivity index (χ1) is 16.1. The van der Waals surface area contributed by atoms with E-state index in [1.54, 1.807) is 0 Å². The standard InChI is InChI=1S/C25H52NO7P/c1-6-7-8-9-10-11-12-13-14-15-16-17-18-19-20-24(33-25(27)30-5)23-32-34(28,29)31-22-21-26(2,3)4/h24H,6-23H2,1-5H3. The van der Waals surface area contributed by atoms with Gasteiger partial charge in [-0.05, 0) is 12.8 Å². The van der Waals surface area contributed by atoms with Crippen LogP contribution < -0.4 is 4.89 Å². The van der Waals surface area contributed by atoms with Crippen LogP contribution in [0.15, 0.2) is 0 Å². The third-order valence-corrected chi connectivity index (χ3v) is 6.70. The van der Waals surface area contributed by atoms with Gasteiger partial charge in [0.15, 0.2) is 0 Å². The number of quaternary nitrogens is 1. The average molecular weight is 510 g/mol. The van der Waals surface area contributed by atoms with Crippen molar-refractivity contribution in [1.29, 1.82) is 0 Å². The molecule has 0 fully saturated rings. The quantitative estimate of drug-likeness (QED) is 0.0699. The van der Waals surface area contributed by atoms with Crippen molar-refractivity contribution in [3.05, 3.63) is 0 Å². The largest absolute Gasteiger partial charge is 0.756 e. The van der Waals surface area contributed by atoms with Gasteiger partial charge in [0.05, 0.1) is 34.9 Å². The smallest absolute Gasteiger partial charge is 0.508 e. The summed E-state index contributed by atoms with van der Waals surface area (Å²) in [6.07, 6.45) is 16.6. The maximum absolute atomic E-state index is 12.0. The zero-order valence-corrected chi connectivity index (χ0v) is 23.5. The predicted octanol–water partition coefficient (Wildman–Crippen LogP) is 6.22. The molecule has 8 nitrogen and oxygen atoms in total. The number of carbonyl (C=O) groups is 1. The van der Waals surface area contributed by atoms with Crippen LogP contribution in [-0.4, -0.2) is 64.8 Å². The predicted molar refractivity (Wildman–Crippen MR) is 135 cm³/mol. The number of phosphoric ester groups is 1. The number of nitrogens with zero attached hydrogens (tertiary/aromatic N) is 1. The lowest BCUT2D eigenvalue weighted by atomic mass is 10.0. The van der Waals surface area contributed by atoms with Crippen LogP contribution in [0.3, 0.4) is 0 Å². The fraction of sp³-hybridized carbons (Fsp3) is 0.960. The molecule has 204 valence electrons. The molecule has 0 aliphatic rings. The summed E-state index contributed by atoms with van der Waals surface area (Å²) in [5.41, 5.74) is 0. The number of carbonyl (C=O) groups excluding carboxylic acids is 1. The molecule has 0 aromatic carbocycles. The van der Waals surface area contributed by atoms with Crippen molar-refractivity contribution in [3.8, 4) is 0 Å². The molecule has 0 aliphatic carbocycles. The van der Waals surface area contributed by atoms with Crippen molar-refractivity contribution in [3.63, 3.8) is 0 Å². The molecule has 0 saturated carbocycles. The number of ether oxygens (including phenoxy) is 2. The molecule has 0 bridgehead atoms. The summed E-state index contributed by atoms with van der Waals surface area (Å²) >= 11 is 0. The SMILES string of the molecule is CCCCCCCCCCCCCCCCC(COP(=O)([O-])OCC[N+](C)(C)C)OC(=O)OC. The minimum Gasteiger partial charge on any atom is -0.756 e. The normalized spacial score (nSPS) is 14.5. The van der Waals surface area contributed by atoms with Gasteiger partial charge in [-0.3, -0.25) is 4.57 Å². The van der Waals surface area contributed by atoms with E-state index < -0.39 is 20.1 Å². The molecule has 0 aromatic heterocycles. The van der Waals surface area contributed by atoms with Crippen LogP contribution in [0, 0.1) is 0 Å². The van der Waals surface area contributed by atoms with Gasteiger partial charge in [-0.2, -0.15) is 0 Å². The van der Waals surface area contributed by atoms with Gasteiger partial charge in [-0.1, -0.05) is 90.4 Å². The fourth-order valence-electron chi connectivity index (χ4n) is 3.57. The lowest BCUT2D eigenvalue weighted by molar-refractivity contribution is -0.870. The highest BCUT2D eigenvalue weighted by molar-refractivity contribution is 7.45. The van der Waals surface area contributed by atoms with Crippen LogP contribution in [-0.2, 0) is 23.1 Å². The van der Waals surface area contributed by atoms with Crippen LogP contribution in [0.2, 0.25) is 0 Å². The van der Waals surface area contributed by atoms with Crippen molar-refractivity contribution in [1.82, 2.24) is 0 Å². The molecule has 0 radical (unpaired) electrons. The molecule has 0 N–H and O–H groups in total. The third-order valence-electron chi connectivity index (χ3n) is 5.74. The van der Waals surface area contributed by atoms with Crippen LogP contribution in [0.25, 0.3) is 0 Å². The van der Waals surface area contributed by atoms with Crippen molar-refractivity contribution in [2.45, 2.75) is 109 Å². The summed E-state index contributed by atoms with van der Waals surface area (Å²) in [5.74, 6) is 0. The van der Waals surface area contributed by atoms with Gasteiger partial charge in [0.1, 0.15) is 19.3 Å². The Morgan fingerprint density at radius 1 is 0.824 bits per heavy atom. The Balaban J connectivity index is 3.96. The Morgan fingerprint density at radius 2 is 1.29 bits per heavy atom. The fourth-order valence-corrected chi connectivity index (χ4v) is 4.29. The van der Waals surface area contributed by atoms with E-state index in [9.17, 15) is 14.3 Å². The summed E-state index contributed by atoms with van der Waals surface area (Å²) in [6.45, 7) is 2.54. The van der Waals surface area contributed by atoms with Gasteiger partial charge < -0.3 is 27.9 Å². The summed E-state index contributed by atoms with van der Waals surface area (Å²) in [7, 11) is 2.59. The molecule has 2 unspecified atom stereocenters. The summed E-state index contributed by atoms with van der Waals surface area (Å²) in [5, 5.41) is 0. The minimum atomic E-state index is -4.45. The molecule has 34 heavy (non-hydrogen) atoms. The maximum atomic E-state index is 12.0. The summed E-state index contributed by atoms with van der Waals surface area (Å²) in [6, 6.07) is 0. The zero-order chi connectivity index (χ0) is 25.7. The number of likely N-dealkylation sites (N-methyl/N-ethyl adjacent to an activating group) is 1. The molecule has 0 rings (SSSR count). The number of unbranched alkanes of at least 4 members (excludes halogenated alkanes) is 13. The zero-order valence-electron chi connectivity index (χ0n) is 22.6. The van der Waals surface area contributed by atoms with E-state index in [0.29, 0.717) is 17.4 Å². The van der Waals surface area contributed by atoms with Gasteiger partial charge >= 0.3 is 6.16 Å². The van der Waals surface area contributed by atoms with E-state index in [1.807, 2.05) is 21.1 Å². The molecule has 0 aliphatic heterocycles. The van der Waals surface area contributed by atoms with Gasteiger partial charge in [0, 0.05) is 0 Å². The van der Waals surface area contributed by atoms with E-state index in [1.165, 1.54) is 77.7 Å². The first-order valence-electron chi connectivity index (χ1n) is 13.2. The van der Waals surface area contributed by atoms with E-state index in [4.69, 9.17) is 13.8 Å². The van der Waals surface area contributed by atoms with Crippen molar-refractivity contribution in [2.24, 2.45) is 0 Å². The second kappa shape index (κ2) is 20.5. The van der Waals surface area contributed by atoms with Gasteiger partial charge in [0.2, 0.25) is 0 Å². The molecular weight excluding hydrogens is 457 g/mol. The monoisotopic (exact) mass is 509 g/mol. The van der Waals surface area contributed by atoms with Crippen molar-refractivity contribution < 1.29 is 37.3 Å².